The molecule has 0 saturated heterocycles. The predicted octanol–water partition coefficient (Wildman–Crippen LogP) is 0.503. The first-order chi connectivity index (χ1) is 2.81. The van der Waals surface area contributed by atoms with Gasteiger partial charge in [0.1, 0.15) is 6.17 Å². The van der Waals surface area contributed by atoms with E-state index < -0.39 is 12.8 Å². The molecule has 0 bridgehead atoms. The molecule has 0 amide bonds. The van der Waals surface area contributed by atoms with Crippen LogP contribution < -0.4 is 0 Å². The highest BCUT2D eigenvalue weighted by Gasteiger charge is 1.91. The van der Waals surface area contributed by atoms with Crippen molar-refractivity contribution in [2.45, 2.75) is 6.17 Å². The molecule has 6 heavy (non-hydrogen) atoms. The van der Waals surface area contributed by atoms with Crippen LogP contribution >= 0.6 is 0 Å². The Balaban J connectivity index is 2.96. The Hall–Kier alpha value is -0.370. The van der Waals surface area contributed by atoms with Gasteiger partial charge in [0.2, 0.25) is 0 Å². The summed E-state index contributed by atoms with van der Waals surface area (Å²) in [6, 6.07) is 0. The number of halogens is 1. The first kappa shape index (κ1) is 5.63. The van der Waals surface area contributed by atoms with E-state index in [2.05, 4.69) is 6.58 Å². The molecule has 1 nitrogen and oxygen atoms in total. The Labute approximate surface area is 36.1 Å². The minimum absolute atomic E-state index is 0.455. The average Bonchev–Trinajstić information content (AvgIpc) is 1.65. The summed E-state index contributed by atoms with van der Waals surface area (Å²) in [6.07, 6.45) is -0.190. The van der Waals surface area contributed by atoms with Crippen molar-refractivity contribution < 1.29 is 9.50 Å². The summed E-state index contributed by atoms with van der Waals surface area (Å²) in [5, 5.41) is 7.89. The quantitative estimate of drug-likeness (QED) is 0.489. The summed E-state index contributed by atoms with van der Waals surface area (Å²) in [5.74, 6) is 0. The van der Waals surface area contributed by atoms with Crippen molar-refractivity contribution >= 4 is 0 Å². The molecule has 0 spiro atoms. The molecular formula is C4H7FO. The van der Waals surface area contributed by atoms with E-state index in [4.69, 9.17) is 5.11 Å². The van der Waals surface area contributed by atoms with E-state index >= 15 is 0 Å². The van der Waals surface area contributed by atoms with Gasteiger partial charge < -0.3 is 5.11 Å². The molecule has 0 aromatic carbocycles. The lowest BCUT2D eigenvalue weighted by molar-refractivity contribution is 0.210. The summed E-state index contributed by atoms with van der Waals surface area (Å²) in [6.45, 7) is 2.64. The molecule has 1 unspecified atom stereocenters. The number of hydrogen-bond donors (Lipinski definition) is 1. The molecule has 0 aliphatic rings. The van der Waals surface area contributed by atoms with E-state index in [1.165, 1.54) is 0 Å². The Bertz CT molecular complexity index is 44.8. The van der Waals surface area contributed by atoms with Crippen LogP contribution in [-0.4, -0.2) is 17.9 Å². The number of aliphatic hydroxyl groups is 1. The second-order valence-electron chi connectivity index (χ2n) is 0.934. The van der Waals surface area contributed by atoms with E-state index in [9.17, 15) is 4.39 Å². The predicted molar refractivity (Wildman–Crippen MR) is 22.2 cm³/mol. The second-order valence-corrected chi connectivity index (χ2v) is 0.934. The van der Waals surface area contributed by atoms with Gasteiger partial charge in [0.05, 0.1) is 6.61 Å². The fourth-order valence-corrected chi connectivity index (χ4v) is 0.0745. The third kappa shape index (κ3) is 1.91. The lowest BCUT2D eigenvalue weighted by Gasteiger charge is -1.88. The topological polar surface area (TPSA) is 20.2 Å². The molecular weight excluding hydrogens is 83.0 g/mol. The van der Waals surface area contributed by atoms with Gasteiger partial charge in [-0.25, -0.2) is 4.39 Å². The zero-order valence-electron chi connectivity index (χ0n) is 3.39. The number of alkyl halides is 1. The van der Waals surface area contributed by atoms with Crippen LogP contribution in [0.25, 0.3) is 0 Å². The zero-order chi connectivity index (χ0) is 4.99. The van der Waals surface area contributed by atoms with Crippen molar-refractivity contribution in [1.82, 2.24) is 0 Å². The van der Waals surface area contributed by atoms with Gasteiger partial charge in [-0.1, -0.05) is 6.08 Å². The van der Waals surface area contributed by atoms with Crippen molar-refractivity contribution in [3.8, 4) is 0 Å². The maximum Gasteiger partial charge on any atom is 0.141 e. The van der Waals surface area contributed by atoms with E-state index in [1.54, 1.807) is 0 Å². The third-order valence-corrected chi connectivity index (χ3v) is 0.430. The molecule has 0 aliphatic heterocycles. The summed E-state index contributed by atoms with van der Waals surface area (Å²) in [4.78, 5) is 0. The molecule has 36 valence electrons. The van der Waals surface area contributed by atoms with Crippen molar-refractivity contribution in [2.24, 2.45) is 0 Å². The molecule has 0 fully saturated rings. The highest BCUT2D eigenvalue weighted by Crippen LogP contribution is 1.85. The van der Waals surface area contributed by atoms with E-state index in [-0.39, 0.29) is 0 Å². The second kappa shape index (κ2) is 2.85. The highest BCUT2D eigenvalue weighted by atomic mass is 19.1. The van der Waals surface area contributed by atoms with Gasteiger partial charge >= 0.3 is 0 Å². The van der Waals surface area contributed by atoms with Crippen LogP contribution in [0.4, 0.5) is 4.39 Å². The molecule has 0 aliphatic carbocycles. The maximum atomic E-state index is 11.5. The van der Waals surface area contributed by atoms with Gasteiger partial charge in [0.15, 0.2) is 0 Å². The molecule has 1 N–H and O–H groups in total. The van der Waals surface area contributed by atoms with Crippen LogP contribution in [-0.2, 0) is 0 Å². The summed E-state index contributed by atoms with van der Waals surface area (Å²) in [5.41, 5.74) is 0. The van der Waals surface area contributed by atoms with Gasteiger partial charge in [0.25, 0.3) is 0 Å². The first-order valence-corrected chi connectivity index (χ1v) is 1.68. The lowest BCUT2D eigenvalue weighted by atomic mass is 10.4. The first-order valence-electron chi connectivity index (χ1n) is 1.68. The molecule has 0 saturated carbocycles. The zero-order valence-corrected chi connectivity index (χ0v) is 3.39. The van der Waals surface area contributed by atoms with Crippen molar-refractivity contribution in [3.05, 3.63) is 12.7 Å². The average molecular weight is 90.1 g/mol. The summed E-state index contributed by atoms with van der Waals surface area (Å²) < 4.78 is 11.5. The minimum atomic E-state index is -1.25. The van der Waals surface area contributed by atoms with Crippen LogP contribution in [0, 0.1) is 0 Å². The molecule has 0 heterocycles. The third-order valence-electron chi connectivity index (χ3n) is 0.430. The number of aliphatic hydroxyl groups excluding tert-OH is 1. The van der Waals surface area contributed by atoms with Crippen molar-refractivity contribution in [1.29, 1.82) is 0 Å². The largest absolute Gasteiger partial charge is 0.393 e. The van der Waals surface area contributed by atoms with E-state index in [1.807, 2.05) is 0 Å². The lowest BCUT2D eigenvalue weighted by Crippen LogP contribution is -1.98. The fraction of sp³-hybridized carbons (Fsp3) is 0.500. The SMILES string of the molecule is C=CC(F)CO. The van der Waals surface area contributed by atoms with Crippen LogP contribution in [0.15, 0.2) is 12.7 Å². The van der Waals surface area contributed by atoms with E-state index in [0.29, 0.717) is 0 Å². The Kier molecular flexibility index (Phi) is 2.67. The normalized spacial score (nSPS) is 13.7. The maximum absolute atomic E-state index is 11.5. The van der Waals surface area contributed by atoms with Gasteiger partial charge in [-0.3, -0.25) is 0 Å². The van der Waals surface area contributed by atoms with Crippen LogP contribution in [0.5, 0.6) is 0 Å². The Morgan fingerprint density at radius 2 is 2.50 bits per heavy atom. The summed E-state index contributed by atoms with van der Waals surface area (Å²) in [7, 11) is 0. The monoisotopic (exact) mass is 90.0 g/mol. The molecule has 2 heteroatoms. The Morgan fingerprint density at radius 3 is 2.50 bits per heavy atom. The van der Waals surface area contributed by atoms with Gasteiger partial charge in [-0.15, -0.1) is 6.58 Å². The molecule has 0 aromatic heterocycles. The van der Waals surface area contributed by atoms with Crippen molar-refractivity contribution in [3.63, 3.8) is 0 Å². The molecule has 0 rings (SSSR count). The minimum Gasteiger partial charge on any atom is -0.393 e. The molecule has 0 radical (unpaired) electrons. The van der Waals surface area contributed by atoms with Crippen LogP contribution in [0.3, 0.4) is 0 Å². The van der Waals surface area contributed by atoms with Gasteiger partial charge in [0, 0.05) is 0 Å². The number of hydrogen-bond acceptors (Lipinski definition) is 1. The molecule has 0 aromatic rings. The van der Waals surface area contributed by atoms with Crippen molar-refractivity contribution in [2.75, 3.05) is 6.61 Å². The van der Waals surface area contributed by atoms with Crippen LogP contribution in [0.2, 0.25) is 0 Å². The smallest absolute Gasteiger partial charge is 0.141 e. The fourth-order valence-electron chi connectivity index (χ4n) is 0.0745. The number of rotatable bonds is 2. The highest BCUT2D eigenvalue weighted by molar-refractivity contribution is 4.76. The van der Waals surface area contributed by atoms with Gasteiger partial charge in [-0.2, -0.15) is 0 Å². The van der Waals surface area contributed by atoms with Gasteiger partial charge in [-0.05, 0) is 0 Å². The van der Waals surface area contributed by atoms with E-state index in [0.717, 1.165) is 6.08 Å². The summed E-state index contributed by atoms with van der Waals surface area (Å²) >= 11 is 0. The molecule has 1 atom stereocenters. The van der Waals surface area contributed by atoms with Crippen LogP contribution in [0.1, 0.15) is 0 Å². The Morgan fingerprint density at radius 1 is 2.00 bits per heavy atom. The standard InChI is InChI=1S/C4H7FO/c1-2-4(5)3-6/h2,4,6H,1,3H2.